The van der Waals surface area contributed by atoms with Crippen molar-refractivity contribution in [3.8, 4) is 5.75 Å². The molecule has 1 N–H and O–H groups in total. The molecule has 0 aliphatic carbocycles. The first-order valence-corrected chi connectivity index (χ1v) is 4.06. The van der Waals surface area contributed by atoms with Gasteiger partial charge in [-0.15, -0.1) is 0 Å². The van der Waals surface area contributed by atoms with Crippen LogP contribution in [0.25, 0.3) is 0 Å². The molecule has 0 unspecified atom stereocenters. The van der Waals surface area contributed by atoms with E-state index >= 15 is 0 Å². The van der Waals surface area contributed by atoms with Crippen molar-refractivity contribution in [1.82, 2.24) is 5.32 Å². The number of methoxy groups -OCH3 is 1. The zero-order valence-electron chi connectivity index (χ0n) is 7.85. The second kappa shape index (κ2) is 4.12. The van der Waals surface area contributed by atoms with Gasteiger partial charge in [-0.25, -0.2) is 0 Å². The molecule has 1 aromatic rings. The van der Waals surface area contributed by atoms with Gasteiger partial charge in [0.2, 0.25) is 0 Å². The quantitative estimate of drug-likeness (QED) is 0.736. The number of nitrogens with one attached hydrogen (secondary N) is 1. The van der Waals surface area contributed by atoms with Crippen molar-refractivity contribution in [3.63, 3.8) is 0 Å². The lowest BCUT2D eigenvalue weighted by Gasteiger charge is -2.08. The third-order valence-corrected chi connectivity index (χ3v) is 1.81. The summed E-state index contributed by atoms with van der Waals surface area (Å²) in [7, 11) is 3.63. The Morgan fingerprint density at radius 2 is 2.17 bits per heavy atom. The van der Waals surface area contributed by atoms with Gasteiger partial charge in [0.05, 0.1) is 7.11 Å². The molecule has 0 bridgehead atoms. The largest absolute Gasteiger partial charge is 0.496 e. The van der Waals surface area contributed by atoms with Crippen molar-refractivity contribution >= 4 is 0 Å². The summed E-state index contributed by atoms with van der Waals surface area (Å²) in [5, 5.41) is 3.10. The highest BCUT2D eigenvalue weighted by molar-refractivity contribution is 5.36. The maximum atomic E-state index is 5.24. The van der Waals surface area contributed by atoms with Crippen molar-refractivity contribution in [2.24, 2.45) is 0 Å². The molecule has 0 heterocycles. The Balaban J connectivity index is 2.94. The van der Waals surface area contributed by atoms with Gasteiger partial charge in [-0.1, -0.05) is 12.1 Å². The van der Waals surface area contributed by atoms with Gasteiger partial charge in [0.25, 0.3) is 0 Å². The van der Waals surface area contributed by atoms with Crippen molar-refractivity contribution in [3.05, 3.63) is 29.3 Å². The molecule has 0 aliphatic heterocycles. The van der Waals surface area contributed by atoms with Crippen LogP contribution in [0.3, 0.4) is 0 Å². The summed E-state index contributed by atoms with van der Waals surface area (Å²) in [6.45, 7) is 2.91. The van der Waals surface area contributed by atoms with Crippen molar-refractivity contribution in [2.75, 3.05) is 14.2 Å². The van der Waals surface area contributed by atoms with Crippen molar-refractivity contribution in [2.45, 2.75) is 13.5 Å². The number of ether oxygens (including phenoxy) is 1. The lowest BCUT2D eigenvalue weighted by molar-refractivity contribution is 0.408. The zero-order chi connectivity index (χ0) is 8.97. The van der Waals surface area contributed by atoms with Crippen LogP contribution in [0.15, 0.2) is 18.2 Å². The van der Waals surface area contributed by atoms with Gasteiger partial charge >= 0.3 is 0 Å². The van der Waals surface area contributed by atoms with E-state index in [0.717, 1.165) is 12.3 Å². The highest BCUT2D eigenvalue weighted by Crippen LogP contribution is 2.19. The topological polar surface area (TPSA) is 21.3 Å². The lowest BCUT2D eigenvalue weighted by atomic mass is 10.1. The molecule has 2 nitrogen and oxygen atoms in total. The summed E-state index contributed by atoms with van der Waals surface area (Å²) < 4.78 is 5.24. The zero-order valence-corrected chi connectivity index (χ0v) is 7.85. The Labute approximate surface area is 73.6 Å². The molecular weight excluding hydrogens is 150 g/mol. The Morgan fingerprint density at radius 1 is 1.42 bits per heavy atom. The van der Waals surface area contributed by atoms with E-state index in [9.17, 15) is 0 Å². The van der Waals surface area contributed by atoms with Gasteiger partial charge in [-0.2, -0.15) is 0 Å². The minimum atomic E-state index is 0.851. The van der Waals surface area contributed by atoms with Crippen LogP contribution in [0.5, 0.6) is 5.75 Å². The average molecular weight is 165 g/mol. The third kappa shape index (κ3) is 1.98. The highest BCUT2D eigenvalue weighted by Gasteiger charge is 2.00. The van der Waals surface area contributed by atoms with E-state index in [0.29, 0.717) is 0 Å². The number of hydrogen-bond acceptors (Lipinski definition) is 2. The molecule has 0 aromatic heterocycles. The van der Waals surface area contributed by atoms with Crippen LogP contribution in [0.2, 0.25) is 0 Å². The molecule has 0 saturated heterocycles. The molecule has 12 heavy (non-hydrogen) atoms. The molecular formula is C10H15NO. The molecule has 0 fully saturated rings. The first kappa shape index (κ1) is 9.07. The van der Waals surface area contributed by atoms with Crippen LogP contribution in [0.1, 0.15) is 11.1 Å². The first-order chi connectivity index (χ1) is 5.77. The molecule has 0 saturated carbocycles. The molecule has 0 radical (unpaired) electrons. The molecule has 1 rings (SSSR count). The van der Waals surface area contributed by atoms with Gasteiger partial charge in [0, 0.05) is 12.1 Å². The van der Waals surface area contributed by atoms with Gasteiger partial charge in [0.15, 0.2) is 0 Å². The molecule has 1 aromatic carbocycles. The van der Waals surface area contributed by atoms with Gasteiger partial charge in [-0.05, 0) is 25.6 Å². The number of benzene rings is 1. The monoisotopic (exact) mass is 165 g/mol. The fourth-order valence-corrected chi connectivity index (χ4v) is 1.19. The van der Waals surface area contributed by atoms with Gasteiger partial charge in [-0.3, -0.25) is 0 Å². The minimum Gasteiger partial charge on any atom is -0.496 e. The van der Waals surface area contributed by atoms with Crippen molar-refractivity contribution in [1.29, 1.82) is 0 Å². The van der Waals surface area contributed by atoms with Crippen LogP contribution >= 0.6 is 0 Å². The van der Waals surface area contributed by atoms with Gasteiger partial charge in [0.1, 0.15) is 5.75 Å². The fourth-order valence-electron chi connectivity index (χ4n) is 1.19. The maximum absolute atomic E-state index is 5.24. The summed E-state index contributed by atoms with van der Waals surface area (Å²) in [5.74, 6) is 0.962. The van der Waals surface area contributed by atoms with E-state index in [1.54, 1.807) is 7.11 Å². The molecule has 0 atom stereocenters. The van der Waals surface area contributed by atoms with Crippen LogP contribution in [-0.4, -0.2) is 14.2 Å². The number of rotatable bonds is 3. The molecule has 2 heteroatoms. The predicted molar refractivity (Wildman–Crippen MR) is 50.5 cm³/mol. The summed E-state index contributed by atoms with van der Waals surface area (Å²) in [5.41, 5.74) is 2.43. The normalized spacial score (nSPS) is 9.92. The van der Waals surface area contributed by atoms with E-state index in [-0.39, 0.29) is 0 Å². The van der Waals surface area contributed by atoms with E-state index in [2.05, 4.69) is 24.4 Å². The maximum Gasteiger partial charge on any atom is 0.123 e. The first-order valence-electron chi connectivity index (χ1n) is 4.06. The van der Waals surface area contributed by atoms with Crippen molar-refractivity contribution < 1.29 is 4.74 Å². The summed E-state index contributed by atoms with van der Waals surface area (Å²) >= 11 is 0. The molecule has 0 aliphatic rings. The number of hydrogen-bond donors (Lipinski definition) is 1. The van der Waals surface area contributed by atoms with E-state index in [1.807, 2.05) is 13.1 Å². The van der Waals surface area contributed by atoms with Gasteiger partial charge < -0.3 is 10.1 Å². The Hall–Kier alpha value is -1.02. The SMILES string of the molecule is CNCc1ccc(C)cc1OC. The predicted octanol–water partition coefficient (Wildman–Crippen LogP) is 1.72. The summed E-state index contributed by atoms with van der Waals surface area (Å²) in [6.07, 6.45) is 0. The fraction of sp³-hybridized carbons (Fsp3) is 0.400. The summed E-state index contributed by atoms with van der Waals surface area (Å²) in [6, 6.07) is 6.23. The standard InChI is InChI=1S/C10H15NO/c1-8-4-5-9(7-11-2)10(6-8)12-3/h4-6,11H,7H2,1-3H3. The second-order valence-electron chi connectivity index (χ2n) is 2.85. The minimum absolute atomic E-state index is 0.851. The van der Waals surface area contributed by atoms with Crippen LogP contribution < -0.4 is 10.1 Å². The van der Waals surface area contributed by atoms with E-state index < -0.39 is 0 Å². The number of aryl methyl sites for hydroxylation is 1. The third-order valence-electron chi connectivity index (χ3n) is 1.81. The highest BCUT2D eigenvalue weighted by atomic mass is 16.5. The smallest absolute Gasteiger partial charge is 0.123 e. The van der Waals surface area contributed by atoms with E-state index in [4.69, 9.17) is 4.74 Å². The van der Waals surface area contributed by atoms with Crippen LogP contribution in [0.4, 0.5) is 0 Å². The lowest BCUT2D eigenvalue weighted by Crippen LogP contribution is -2.06. The summed E-state index contributed by atoms with van der Waals surface area (Å²) in [4.78, 5) is 0. The molecule has 66 valence electrons. The van der Waals surface area contributed by atoms with E-state index in [1.165, 1.54) is 11.1 Å². The Morgan fingerprint density at radius 3 is 2.75 bits per heavy atom. The van der Waals surface area contributed by atoms with Crippen LogP contribution in [-0.2, 0) is 6.54 Å². The molecule has 0 amide bonds. The van der Waals surface area contributed by atoms with Crippen LogP contribution in [0, 0.1) is 6.92 Å². The Bertz CT molecular complexity index is 258. The Kier molecular flexibility index (Phi) is 3.11. The average Bonchev–Trinajstić information content (AvgIpc) is 2.08. The second-order valence-corrected chi connectivity index (χ2v) is 2.85. The molecule has 0 spiro atoms.